The lowest BCUT2D eigenvalue weighted by atomic mass is 9.94. The van der Waals surface area contributed by atoms with E-state index >= 15 is 0 Å². The van der Waals surface area contributed by atoms with E-state index in [9.17, 15) is 14.4 Å². The van der Waals surface area contributed by atoms with Gasteiger partial charge in [0.2, 0.25) is 5.91 Å². The number of nitrogens with zero attached hydrogens (tertiary/aromatic N) is 2. The van der Waals surface area contributed by atoms with Gasteiger partial charge in [-0.15, -0.1) is 0 Å². The maximum Gasteiger partial charge on any atom is 0.338 e. The SMILES string of the molecule is CCOC(=O)c1ccc(N2C(=O)[C@H]3[C@@H](ON(c4ccccc4C)[C@H]3c3ccco3)C2=O)cc1. The van der Waals surface area contributed by atoms with Gasteiger partial charge < -0.3 is 9.15 Å². The largest absolute Gasteiger partial charge is 0.467 e. The number of fused-ring (bicyclic) bond motifs is 1. The molecule has 3 aromatic rings. The van der Waals surface area contributed by atoms with Crippen molar-refractivity contribution in [2.24, 2.45) is 5.92 Å². The van der Waals surface area contributed by atoms with E-state index in [0.717, 1.165) is 16.2 Å². The molecule has 2 amide bonds. The number of benzene rings is 2. The van der Waals surface area contributed by atoms with Gasteiger partial charge in [-0.2, -0.15) is 0 Å². The minimum Gasteiger partial charge on any atom is -0.467 e. The van der Waals surface area contributed by atoms with Crippen molar-refractivity contribution in [2.45, 2.75) is 26.0 Å². The van der Waals surface area contributed by atoms with Crippen LogP contribution in [0, 0.1) is 12.8 Å². The van der Waals surface area contributed by atoms with Crippen LogP contribution in [0.1, 0.15) is 34.6 Å². The van der Waals surface area contributed by atoms with Crippen molar-refractivity contribution in [3.8, 4) is 0 Å². The molecule has 0 aliphatic carbocycles. The first-order valence-corrected chi connectivity index (χ1v) is 10.7. The average molecular weight is 446 g/mol. The molecular formula is C25H22N2O6. The normalized spacial score (nSPS) is 22.1. The van der Waals surface area contributed by atoms with Crippen molar-refractivity contribution in [2.75, 3.05) is 16.6 Å². The Morgan fingerprint density at radius 3 is 2.42 bits per heavy atom. The van der Waals surface area contributed by atoms with Crippen molar-refractivity contribution in [3.05, 3.63) is 83.8 Å². The molecule has 2 fully saturated rings. The van der Waals surface area contributed by atoms with Gasteiger partial charge in [-0.3, -0.25) is 14.4 Å². The van der Waals surface area contributed by atoms with Crippen LogP contribution in [-0.2, 0) is 19.2 Å². The highest BCUT2D eigenvalue weighted by molar-refractivity contribution is 6.24. The summed E-state index contributed by atoms with van der Waals surface area (Å²) in [6.45, 7) is 3.92. The first-order valence-electron chi connectivity index (χ1n) is 10.7. The Morgan fingerprint density at radius 2 is 1.76 bits per heavy atom. The summed E-state index contributed by atoms with van der Waals surface area (Å²) in [6.07, 6.45) is 0.545. The van der Waals surface area contributed by atoms with Crippen LogP contribution in [-0.4, -0.2) is 30.5 Å². The monoisotopic (exact) mass is 446 g/mol. The third-order valence-electron chi connectivity index (χ3n) is 5.94. The van der Waals surface area contributed by atoms with Gasteiger partial charge in [0.15, 0.2) is 6.10 Å². The second-order valence-electron chi connectivity index (χ2n) is 7.90. The summed E-state index contributed by atoms with van der Waals surface area (Å²) >= 11 is 0. The molecule has 168 valence electrons. The fourth-order valence-corrected chi connectivity index (χ4v) is 4.40. The first-order chi connectivity index (χ1) is 16.0. The number of rotatable bonds is 5. The predicted molar refractivity (Wildman–Crippen MR) is 118 cm³/mol. The number of ether oxygens (including phenoxy) is 1. The Labute approximate surface area is 190 Å². The third-order valence-corrected chi connectivity index (χ3v) is 5.94. The number of esters is 1. The zero-order valence-electron chi connectivity index (χ0n) is 18.1. The second kappa shape index (κ2) is 8.22. The van der Waals surface area contributed by atoms with Crippen LogP contribution in [0.3, 0.4) is 0 Å². The molecule has 2 aromatic carbocycles. The number of hydroxylamine groups is 1. The van der Waals surface area contributed by atoms with Gasteiger partial charge in [-0.05, 0) is 61.9 Å². The molecule has 0 unspecified atom stereocenters. The number of para-hydroxylation sites is 1. The minimum absolute atomic E-state index is 0.260. The average Bonchev–Trinajstić information content (AvgIpc) is 3.52. The fourth-order valence-electron chi connectivity index (χ4n) is 4.40. The number of furan rings is 1. The molecule has 3 atom stereocenters. The lowest BCUT2D eigenvalue weighted by Crippen LogP contribution is -2.37. The number of hydrogen-bond donors (Lipinski definition) is 0. The number of carbonyl (C=O) groups excluding carboxylic acids is 3. The zero-order valence-corrected chi connectivity index (χ0v) is 18.1. The maximum absolute atomic E-state index is 13.6. The molecule has 33 heavy (non-hydrogen) atoms. The van der Waals surface area contributed by atoms with E-state index in [0.29, 0.717) is 17.0 Å². The summed E-state index contributed by atoms with van der Waals surface area (Å²) in [5, 5.41) is 1.61. The summed E-state index contributed by atoms with van der Waals surface area (Å²) in [4.78, 5) is 46.0. The van der Waals surface area contributed by atoms with E-state index in [-0.39, 0.29) is 12.5 Å². The molecular weight excluding hydrogens is 424 g/mol. The molecule has 2 saturated heterocycles. The first kappa shape index (κ1) is 21.0. The molecule has 0 bridgehead atoms. The smallest absolute Gasteiger partial charge is 0.338 e. The Morgan fingerprint density at radius 1 is 1.00 bits per heavy atom. The Bertz CT molecular complexity index is 1200. The van der Waals surface area contributed by atoms with Crippen LogP contribution in [0.25, 0.3) is 0 Å². The van der Waals surface area contributed by atoms with Crippen LogP contribution < -0.4 is 9.96 Å². The summed E-state index contributed by atoms with van der Waals surface area (Å²) in [7, 11) is 0. The van der Waals surface area contributed by atoms with Crippen molar-refractivity contribution in [1.29, 1.82) is 0 Å². The van der Waals surface area contributed by atoms with Crippen molar-refractivity contribution in [3.63, 3.8) is 0 Å². The highest BCUT2D eigenvalue weighted by Gasteiger charge is 2.61. The molecule has 0 N–H and O–H groups in total. The second-order valence-corrected chi connectivity index (χ2v) is 7.90. The molecule has 5 rings (SSSR count). The molecule has 2 aliphatic heterocycles. The van der Waals surface area contributed by atoms with Gasteiger partial charge in [0.05, 0.1) is 29.8 Å². The topological polar surface area (TPSA) is 89.3 Å². The molecule has 1 aromatic heterocycles. The van der Waals surface area contributed by atoms with Gasteiger partial charge in [-0.1, -0.05) is 18.2 Å². The Balaban J connectivity index is 1.49. The summed E-state index contributed by atoms with van der Waals surface area (Å²) in [5.41, 5.74) is 2.42. The highest BCUT2D eigenvalue weighted by atomic mass is 16.7. The minimum atomic E-state index is -0.989. The Kier molecular flexibility index (Phi) is 5.22. The molecule has 0 spiro atoms. The Hall–Kier alpha value is -3.91. The van der Waals surface area contributed by atoms with Crippen LogP contribution in [0.5, 0.6) is 0 Å². The number of carbonyl (C=O) groups is 3. The van der Waals surface area contributed by atoms with Gasteiger partial charge in [0.1, 0.15) is 17.7 Å². The van der Waals surface area contributed by atoms with Crippen LogP contribution >= 0.6 is 0 Å². The molecule has 2 aliphatic rings. The highest BCUT2D eigenvalue weighted by Crippen LogP contribution is 2.48. The van der Waals surface area contributed by atoms with Gasteiger partial charge in [0, 0.05) is 0 Å². The van der Waals surface area contributed by atoms with Crippen molar-refractivity contribution < 1.29 is 28.4 Å². The van der Waals surface area contributed by atoms with E-state index in [1.165, 1.54) is 18.4 Å². The molecule has 0 saturated carbocycles. The molecule has 3 heterocycles. The zero-order chi connectivity index (χ0) is 23.1. The summed E-state index contributed by atoms with van der Waals surface area (Å²) < 4.78 is 10.6. The van der Waals surface area contributed by atoms with E-state index in [2.05, 4.69) is 0 Å². The number of anilines is 2. The number of hydrogen-bond acceptors (Lipinski definition) is 7. The quantitative estimate of drug-likeness (QED) is 0.435. The van der Waals surface area contributed by atoms with E-state index in [4.69, 9.17) is 14.0 Å². The molecule has 0 radical (unpaired) electrons. The number of imide groups is 1. The fraction of sp³-hybridized carbons (Fsp3) is 0.240. The van der Waals surface area contributed by atoms with Crippen LogP contribution in [0.4, 0.5) is 11.4 Å². The summed E-state index contributed by atoms with van der Waals surface area (Å²) in [6, 6.07) is 16.7. The lowest BCUT2D eigenvalue weighted by molar-refractivity contribution is -0.126. The van der Waals surface area contributed by atoms with Crippen LogP contribution in [0.15, 0.2) is 71.3 Å². The predicted octanol–water partition coefficient (Wildman–Crippen LogP) is 3.82. The van der Waals surface area contributed by atoms with Crippen molar-refractivity contribution in [1.82, 2.24) is 0 Å². The number of aryl methyl sites for hydroxylation is 1. The third kappa shape index (κ3) is 3.39. The van der Waals surface area contributed by atoms with E-state index in [1.807, 2.05) is 31.2 Å². The standard InChI is InChI=1S/C25H22N2O6/c1-3-31-25(30)16-10-12-17(13-11-16)26-23(28)20-21(19-9-6-14-32-19)27(33-22(20)24(26)29)18-8-5-4-7-15(18)2/h4-14,20-22H,3H2,1-2H3/t20-,21+,22-/m1/s1. The number of amides is 2. The van der Waals surface area contributed by atoms with E-state index < -0.39 is 29.9 Å². The van der Waals surface area contributed by atoms with Crippen molar-refractivity contribution >= 4 is 29.2 Å². The van der Waals surface area contributed by atoms with Gasteiger partial charge in [-0.25, -0.2) is 14.8 Å². The summed E-state index contributed by atoms with van der Waals surface area (Å²) in [5.74, 6) is -1.55. The maximum atomic E-state index is 13.6. The van der Waals surface area contributed by atoms with E-state index in [1.54, 1.807) is 36.3 Å². The lowest BCUT2D eigenvalue weighted by Gasteiger charge is -2.28. The van der Waals surface area contributed by atoms with Crippen LogP contribution in [0.2, 0.25) is 0 Å². The molecule has 8 nitrogen and oxygen atoms in total. The van der Waals surface area contributed by atoms with Gasteiger partial charge in [0.25, 0.3) is 5.91 Å². The van der Waals surface area contributed by atoms with Gasteiger partial charge >= 0.3 is 5.97 Å². The molecule has 8 heteroatoms.